The Morgan fingerprint density at radius 2 is 1.59 bits per heavy atom. The summed E-state index contributed by atoms with van der Waals surface area (Å²) in [4.78, 5) is 0. The van der Waals surface area contributed by atoms with Crippen LogP contribution in [0.3, 0.4) is 0 Å². The molecule has 0 aliphatic carbocycles. The first-order chi connectivity index (χ1) is 10.6. The summed E-state index contributed by atoms with van der Waals surface area (Å²) in [6.07, 6.45) is 0.539. The van der Waals surface area contributed by atoms with E-state index in [0.29, 0.717) is 12.0 Å². The SMILES string of the molecule is Oc1ccc([C@H]2CNC[C@@H]2Cc2c(O)cccc2O)cc1O. The van der Waals surface area contributed by atoms with Crippen LogP contribution >= 0.6 is 0 Å². The molecule has 2 aromatic carbocycles. The lowest BCUT2D eigenvalue weighted by Gasteiger charge is -2.20. The minimum Gasteiger partial charge on any atom is -0.508 e. The molecule has 0 spiro atoms. The summed E-state index contributed by atoms with van der Waals surface area (Å²) in [5.74, 6) is 0.255. The zero-order valence-corrected chi connectivity index (χ0v) is 12.0. The molecular formula is C17H19NO4. The second kappa shape index (κ2) is 5.77. The zero-order chi connectivity index (χ0) is 15.7. The van der Waals surface area contributed by atoms with Crippen LogP contribution in [-0.4, -0.2) is 33.5 Å². The van der Waals surface area contributed by atoms with Gasteiger partial charge in [0.25, 0.3) is 0 Å². The van der Waals surface area contributed by atoms with E-state index in [1.807, 2.05) is 0 Å². The molecule has 1 aliphatic rings. The van der Waals surface area contributed by atoms with Gasteiger partial charge in [-0.25, -0.2) is 0 Å². The highest BCUT2D eigenvalue weighted by atomic mass is 16.3. The van der Waals surface area contributed by atoms with Crippen molar-refractivity contribution in [3.8, 4) is 23.0 Å². The number of benzene rings is 2. The van der Waals surface area contributed by atoms with E-state index in [0.717, 1.165) is 18.7 Å². The van der Waals surface area contributed by atoms with E-state index in [9.17, 15) is 20.4 Å². The first-order valence-electron chi connectivity index (χ1n) is 7.28. The van der Waals surface area contributed by atoms with E-state index in [-0.39, 0.29) is 34.8 Å². The summed E-state index contributed by atoms with van der Waals surface area (Å²) in [7, 11) is 0. The summed E-state index contributed by atoms with van der Waals surface area (Å²) in [5.41, 5.74) is 1.48. The van der Waals surface area contributed by atoms with Crippen molar-refractivity contribution >= 4 is 0 Å². The predicted molar refractivity (Wildman–Crippen MR) is 82.3 cm³/mol. The second-order valence-corrected chi connectivity index (χ2v) is 5.75. The lowest BCUT2D eigenvalue weighted by Crippen LogP contribution is -2.14. The van der Waals surface area contributed by atoms with Crippen LogP contribution in [0.4, 0.5) is 0 Å². The highest BCUT2D eigenvalue weighted by Crippen LogP contribution is 2.38. The number of rotatable bonds is 3. The first-order valence-corrected chi connectivity index (χ1v) is 7.28. The number of hydrogen-bond donors (Lipinski definition) is 5. The molecule has 22 heavy (non-hydrogen) atoms. The molecule has 0 radical (unpaired) electrons. The maximum atomic E-state index is 9.94. The predicted octanol–water partition coefficient (Wildman–Crippen LogP) is 2.05. The zero-order valence-electron chi connectivity index (χ0n) is 12.0. The highest BCUT2D eigenvalue weighted by Gasteiger charge is 2.30. The van der Waals surface area contributed by atoms with Gasteiger partial charge in [-0.05, 0) is 48.7 Å². The van der Waals surface area contributed by atoms with Gasteiger partial charge in [0.05, 0.1) is 0 Å². The highest BCUT2D eigenvalue weighted by molar-refractivity contribution is 5.45. The third kappa shape index (κ3) is 2.67. The fraction of sp³-hybridized carbons (Fsp3) is 0.294. The van der Waals surface area contributed by atoms with Crippen molar-refractivity contribution in [1.29, 1.82) is 0 Å². The first kappa shape index (κ1) is 14.5. The third-order valence-corrected chi connectivity index (χ3v) is 4.36. The molecule has 5 nitrogen and oxygen atoms in total. The van der Waals surface area contributed by atoms with Gasteiger partial charge in [0, 0.05) is 18.0 Å². The summed E-state index contributed by atoms with van der Waals surface area (Å²) >= 11 is 0. The Morgan fingerprint density at radius 3 is 2.27 bits per heavy atom. The van der Waals surface area contributed by atoms with Crippen LogP contribution in [0.25, 0.3) is 0 Å². The maximum absolute atomic E-state index is 9.94. The quantitative estimate of drug-likeness (QED) is 0.560. The number of phenolic OH excluding ortho intramolecular Hbond substituents is 4. The van der Waals surface area contributed by atoms with Crippen LogP contribution in [0.1, 0.15) is 17.0 Å². The minimum absolute atomic E-state index is 0.0965. The molecule has 1 aliphatic heterocycles. The average molecular weight is 301 g/mol. The summed E-state index contributed by atoms with van der Waals surface area (Å²) < 4.78 is 0. The van der Waals surface area contributed by atoms with Crippen molar-refractivity contribution in [3.05, 3.63) is 47.5 Å². The van der Waals surface area contributed by atoms with E-state index >= 15 is 0 Å². The Labute approximate surface area is 128 Å². The molecule has 5 N–H and O–H groups in total. The summed E-state index contributed by atoms with van der Waals surface area (Å²) in [5, 5.41) is 42.3. The molecule has 1 fully saturated rings. The van der Waals surface area contributed by atoms with E-state index < -0.39 is 0 Å². The fourth-order valence-corrected chi connectivity index (χ4v) is 3.14. The largest absolute Gasteiger partial charge is 0.508 e. The van der Waals surface area contributed by atoms with Crippen molar-refractivity contribution in [2.24, 2.45) is 5.92 Å². The number of aromatic hydroxyl groups is 4. The van der Waals surface area contributed by atoms with Crippen molar-refractivity contribution < 1.29 is 20.4 Å². The number of nitrogens with one attached hydrogen (secondary N) is 1. The normalized spacial score (nSPS) is 21.1. The Morgan fingerprint density at radius 1 is 0.864 bits per heavy atom. The van der Waals surface area contributed by atoms with Gasteiger partial charge < -0.3 is 25.7 Å². The van der Waals surface area contributed by atoms with Crippen LogP contribution in [0.15, 0.2) is 36.4 Å². The molecule has 1 heterocycles. The van der Waals surface area contributed by atoms with E-state index in [2.05, 4.69) is 5.32 Å². The van der Waals surface area contributed by atoms with Gasteiger partial charge in [0.1, 0.15) is 11.5 Å². The van der Waals surface area contributed by atoms with Gasteiger partial charge in [-0.1, -0.05) is 12.1 Å². The van der Waals surface area contributed by atoms with Crippen LogP contribution in [-0.2, 0) is 6.42 Å². The number of hydrogen-bond acceptors (Lipinski definition) is 5. The summed E-state index contributed by atoms with van der Waals surface area (Å²) in [6.45, 7) is 1.52. The molecule has 0 aromatic heterocycles. The molecule has 5 heteroatoms. The molecule has 0 unspecified atom stereocenters. The van der Waals surface area contributed by atoms with E-state index in [4.69, 9.17) is 0 Å². The molecule has 1 saturated heterocycles. The van der Waals surface area contributed by atoms with Crippen molar-refractivity contribution in [3.63, 3.8) is 0 Å². The smallest absolute Gasteiger partial charge is 0.157 e. The molecule has 0 amide bonds. The van der Waals surface area contributed by atoms with Crippen LogP contribution in [0, 0.1) is 5.92 Å². The molecule has 116 valence electrons. The second-order valence-electron chi connectivity index (χ2n) is 5.75. The number of phenols is 4. The van der Waals surface area contributed by atoms with Crippen LogP contribution in [0.2, 0.25) is 0 Å². The molecule has 3 rings (SSSR count). The standard InChI is InChI=1S/C17H19NO4/c19-14-2-1-3-15(20)12(14)6-11-8-18-9-13(11)10-4-5-16(21)17(22)7-10/h1-5,7,11,13,18-22H,6,8-9H2/t11-,13+/m0/s1. The molecule has 2 atom stereocenters. The van der Waals surface area contributed by atoms with Crippen LogP contribution < -0.4 is 5.32 Å². The van der Waals surface area contributed by atoms with E-state index in [1.165, 1.54) is 6.07 Å². The van der Waals surface area contributed by atoms with Gasteiger partial charge in [-0.3, -0.25) is 0 Å². The molecule has 0 saturated carbocycles. The Kier molecular flexibility index (Phi) is 3.81. The Hall–Kier alpha value is -2.40. The van der Waals surface area contributed by atoms with Gasteiger partial charge in [0.15, 0.2) is 11.5 Å². The van der Waals surface area contributed by atoms with Crippen molar-refractivity contribution in [2.45, 2.75) is 12.3 Å². The monoisotopic (exact) mass is 301 g/mol. The average Bonchev–Trinajstić information content (AvgIpc) is 2.94. The minimum atomic E-state index is -0.135. The summed E-state index contributed by atoms with van der Waals surface area (Å²) in [6, 6.07) is 9.60. The topological polar surface area (TPSA) is 93.0 Å². The van der Waals surface area contributed by atoms with Gasteiger partial charge in [-0.2, -0.15) is 0 Å². The third-order valence-electron chi connectivity index (χ3n) is 4.36. The van der Waals surface area contributed by atoms with Gasteiger partial charge >= 0.3 is 0 Å². The van der Waals surface area contributed by atoms with Gasteiger partial charge in [-0.15, -0.1) is 0 Å². The Balaban J connectivity index is 1.85. The fourth-order valence-electron chi connectivity index (χ4n) is 3.14. The lowest BCUT2D eigenvalue weighted by atomic mass is 9.84. The molecule has 0 bridgehead atoms. The van der Waals surface area contributed by atoms with Crippen molar-refractivity contribution in [2.75, 3.05) is 13.1 Å². The molecular weight excluding hydrogens is 282 g/mol. The van der Waals surface area contributed by atoms with Crippen molar-refractivity contribution in [1.82, 2.24) is 5.32 Å². The maximum Gasteiger partial charge on any atom is 0.157 e. The van der Waals surface area contributed by atoms with E-state index in [1.54, 1.807) is 30.3 Å². The van der Waals surface area contributed by atoms with Gasteiger partial charge in [0.2, 0.25) is 0 Å². The molecule has 2 aromatic rings. The van der Waals surface area contributed by atoms with Crippen LogP contribution in [0.5, 0.6) is 23.0 Å². The Bertz CT molecular complexity index is 666. The lowest BCUT2D eigenvalue weighted by molar-refractivity contribution is 0.400.